The molecule has 2 N–H and O–H groups in total. The molecule has 0 atom stereocenters. The first kappa shape index (κ1) is 17.0. The first-order valence-electron chi connectivity index (χ1n) is 7.89. The molecule has 0 aliphatic rings. The molecule has 0 aliphatic carbocycles. The normalized spacial score (nSPS) is 10.3. The SMILES string of the molecule is COc1ccc(CNC(=O)c2csc(NCc3ccccc3)n2)cc1. The van der Waals surface area contributed by atoms with E-state index in [-0.39, 0.29) is 5.91 Å². The highest BCUT2D eigenvalue weighted by atomic mass is 32.1. The maximum atomic E-state index is 12.2. The van der Waals surface area contributed by atoms with E-state index in [1.165, 1.54) is 16.9 Å². The highest BCUT2D eigenvalue weighted by Crippen LogP contribution is 2.17. The lowest BCUT2D eigenvalue weighted by atomic mass is 10.2. The Kier molecular flexibility index (Phi) is 5.64. The van der Waals surface area contributed by atoms with E-state index in [4.69, 9.17) is 4.74 Å². The van der Waals surface area contributed by atoms with Crippen molar-refractivity contribution < 1.29 is 9.53 Å². The molecule has 0 unspecified atom stereocenters. The number of thiazole rings is 1. The van der Waals surface area contributed by atoms with Crippen molar-refractivity contribution >= 4 is 22.4 Å². The van der Waals surface area contributed by atoms with Gasteiger partial charge in [-0.1, -0.05) is 42.5 Å². The molecule has 25 heavy (non-hydrogen) atoms. The number of anilines is 1. The molecular formula is C19H19N3O2S. The average Bonchev–Trinajstić information content (AvgIpc) is 3.15. The van der Waals surface area contributed by atoms with Crippen molar-refractivity contribution in [2.24, 2.45) is 0 Å². The number of carbonyl (C=O) groups excluding carboxylic acids is 1. The van der Waals surface area contributed by atoms with Gasteiger partial charge in [0.1, 0.15) is 11.4 Å². The van der Waals surface area contributed by atoms with Crippen molar-refractivity contribution in [1.29, 1.82) is 0 Å². The molecule has 3 rings (SSSR count). The number of carbonyl (C=O) groups is 1. The van der Waals surface area contributed by atoms with Gasteiger partial charge in [-0.3, -0.25) is 4.79 Å². The van der Waals surface area contributed by atoms with Crippen molar-refractivity contribution in [3.05, 3.63) is 76.8 Å². The topological polar surface area (TPSA) is 63.2 Å². The fourth-order valence-corrected chi connectivity index (χ4v) is 2.94. The summed E-state index contributed by atoms with van der Waals surface area (Å²) >= 11 is 1.42. The maximum Gasteiger partial charge on any atom is 0.271 e. The molecule has 1 heterocycles. The molecule has 0 aliphatic heterocycles. The van der Waals surface area contributed by atoms with Crippen LogP contribution in [0.2, 0.25) is 0 Å². The summed E-state index contributed by atoms with van der Waals surface area (Å²) in [6, 6.07) is 17.7. The summed E-state index contributed by atoms with van der Waals surface area (Å²) in [6.07, 6.45) is 0. The first-order chi connectivity index (χ1) is 12.2. The summed E-state index contributed by atoms with van der Waals surface area (Å²) in [6.45, 7) is 1.13. The maximum absolute atomic E-state index is 12.2. The monoisotopic (exact) mass is 353 g/mol. The number of methoxy groups -OCH3 is 1. The summed E-state index contributed by atoms with van der Waals surface area (Å²) in [5, 5.41) is 8.61. The zero-order valence-corrected chi connectivity index (χ0v) is 14.7. The van der Waals surface area contributed by atoms with Crippen LogP contribution in [0.5, 0.6) is 5.75 Å². The molecule has 6 heteroatoms. The van der Waals surface area contributed by atoms with Gasteiger partial charge < -0.3 is 15.4 Å². The third kappa shape index (κ3) is 4.81. The molecule has 3 aromatic rings. The van der Waals surface area contributed by atoms with E-state index < -0.39 is 0 Å². The Balaban J connectivity index is 1.51. The second-order valence-electron chi connectivity index (χ2n) is 5.41. The van der Waals surface area contributed by atoms with E-state index in [9.17, 15) is 4.79 Å². The van der Waals surface area contributed by atoms with Crippen LogP contribution in [0.4, 0.5) is 5.13 Å². The second-order valence-corrected chi connectivity index (χ2v) is 6.27. The molecule has 0 radical (unpaired) electrons. The molecule has 0 saturated heterocycles. The number of amides is 1. The van der Waals surface area contributed by atoms with Gasteiger partial charge in [0.25, 0.3) is 5.91 Å². The molecule has 1 aromatic heterocycles. The molecule has 128 valence electrons. The number of nitrogens with zero attached hydrogens (tertiary/aromatic N) is 1. The first-order valence-corrected chi connectivity index (χ1v) is 8.77. The summed E-state index contributed by atoms with van der Waals surface area (Å²) in [5.74, 6) is 0.614. The lowest BCUT2D eigenvalue weighted by molar-refractivity contribution is 0.0946. The van der Waals surface area contributed by atoms with Crippen LogP contribution in [0.1, 0.15) is 21.6 Å². The van der Waals surface area contributed by atoms with Gasteiger partial charge >= 0.3 is 0 Å². The Labute approximate surface area is 150 Å². The number of aromatic nitrogens is 1. The predicted molar refractivity (Wildman–Crippen MR) is 100 cm³/mol. The minimum atomic E-state index is -0.181. The van der Waals surface area contributed by atoms with E-state index in [0.717, 1.165) is 16.4 Å². The fourth-order valence-electron chi connectivity index (χ4n) is 2.25. The molecular weight excluding hydrogens is 334 g/mol. The van der Waals surface area contributed by atoms with Gasteiger partial charge in [0.05, 0.1) is 7.11 Å². The van der Waals surface area contributed by atoms with Gasteiger partial charge in [0.15, 0.2) is 5.13 Å². The number of ether oxygens (including phenoxy) is 1. The van der Waals surface area contributed by atoms with E-state index in [0.29, 0.717) is 18.8 Å². The zero-order chi connectivity index (χ0) is 17.5. The van der Waals surface area contributed by atoms with E-state index in [1.807, 2.05) is 54.6 Å². The van der Waals surface area contributed by atoms with Crippen molar-refractivity contribution in [3.63, 3.8) is 0 Å². The van der Waals surface area contributed by atoms with E-state index in [1.54, 1.807) is 12.5 Å². The molecule has 5 nitrogen and oxygen atoms in total. The highest BCUT2D eigenvalue weighted by molar-refractivity contribution is 7.13. The van der Waals surface area contributed by atoms with Crippen molar-refractivity contribution in [2.75, 3.05) is 12.4 Å². The van der Waals surface area contributed by atoms with Crippen molar-refractivity contribution in [2.45, 2.75) is 13.1 Å². The highest BCUT2D eigenvalue weighted by Gasteiger charge is 2.10. The Bertz CT molecular complexity index is 816. The number of hydrogen-bond acceptors (Lipinski definition) is 5. The summed E-state index contributed by atoms with van der Waals surface area (Å²) < 4.78 is 5.12. The molecule has 0 saturated carbocycles. The third-order valence-electron chi connectivity index (χ3n) is 3.64. The predicted octanol–water partition coefficient (Wildman–Crippen LogP) is 3.69. The number of nitrogens with one attached hydrogen (secondary N) is 2. The smallest absolute Gasteiger partial charge is 0.271 e. The Hall–Kier alpha value is -2.86. The van der Waals surface area contributed by atoms with Crippen LogP contribution in [0, 0.1) is 0 Å². The zero-order valence-electron chi connectivity index (χ0n) is 13.9. The Morgan fingerprint density at radius 2 is 1.76 bits per heavy atom. The summed E-state index contributed by atoms with van der Waals surface area (Å²) in [4.78, 5) is 16.5. The average molecular weight is 353 g/mol. The van der Waals surface area contributed by atoms with Crippen LogP contribution in [0.15, 0.2) is 60.0 Å². The van der Waals surface area contributed by atoms with Crippen LogP contribution in [0.25, 0.3) is 0 Å². The van der Waals surface area contributed by atoms with Gasteiger partial charge in [-0.15, -0.1) is 11.3 Å². The van der Waals surface area contributed by atoms with E-state index >= 15 is 0 Å². The van der Waals surface area contributed by atoms with Crippen molar-refractivity contribution in [1.82, 2.24) is 10.3 Å². The molecule has 0 bridgehead atoms. The van der Waals surface area contributed by atoms with Crippen LogP contribution in [-0.2, 0) is 13.1 Å². The number of rotatable bonds is 7. The quantitative estimate of drug-likeness (QED) is 0.680. The minimum Gasteiger partial charge on any atom is -0.497 e. The molecule has 2 aromatic carbocycles. The minimum absolute atomic E-state index is 0.181. The van der Waals surface area contributed by atoms with Gasteiger partial charge in [-0.2, -0.15) is 0 Å². The lowest BCUT2D eigenvalue weighted by Gasteiger charge is -2.05. The van der Waals surface area contributed by atoms with Crippen LogP contribution < -0.4 is 15.4 Å². The third-order valence-corrected chi connectivity index (χ3v) is 4.44. The van der Waals surface area contributed by atoms with Gasteiger partial charge in [-0.25, -0.2) is 4.98 Å². The summed E-state index contributed by atoms with van der Waals surface area (Å²) in [5.41, 5.74) is 2.60. The van der Waals surface area contributed by atoms with Gasteiger partial charge in [0.2, 0.25) is 0 Å². The largest absolute Gasteiger partial charge is 0.497 e. The standard InChI is InChI=1S/C19H19N3O2S/c1-24-16-9-7-15(8-10-16)11-20-18(23)17-13-25-19(22-17)21-12-14-5-3-2-4-6-14/h2-10,13H,11-12H2,1H3,(H,20,23)(H,21,22). The molecule has 0 fully saturated rings. The Morgan fingerprint density at radius 1 is 1.04 bits per heavy atom. The summed E-state index contributed by atoms with van der Waals surface area (Å²) in [7, 11) is 1.63. The van der Waals surface area contributed by atoms with Crippen LogP contribution in [0.3, 0.4) is 0 Å². The van der Waals surface area contributed by atoms with Crippen LogP contribution >= 0.6 is 11.3 Å². The molecule has 0 spiro atoms. The van der Waals surface area contributed by atoms with Crippen molar-refractivity contribution in [3.8, 4) is 5.75 Å². The van der Waals surface area contributed by atoms with E-state index in [2.05, 4.69) is 15.6 Å². The fraction of sp³-hybridized carbons (Fsp3) is 0.158. The second kappa shape index (κ2) is 8.30. The van der Waals surface area contributed by atoms with Crippen LogP contribution in [-0.4, -0.2) is 18.0 Å². The number of benzene rings is 2. The Morgan fingerprint density at radius 3 is 2.48 bits per heavy atom. The number of hydrogen-bond donors (Lipinski definition) is 2. The van der Waals surface area contributed by atoms with Gasteiger partial charge in [-0.05, 0) is 23.3 Å². The lowest BCUT2D eigenvalue weighted by Crippen LogP contribution is -2.23. The van der Waals surface area contributed by atoms with Gasteiger partial charge in [0, 0.05) is 18.5 Å². The molecule has 1 amide bonds.